The summed E-state index contributed by atoms with van der Waals surface area (Å²) in [5.74, 6) is -7.02. The summed E-state index contributed by atoms with van der Waals surface area (Å²) in [6.07, 6.45) is 4.04. The minimum atomic E-state index is -4.68. The Hall–Kier alpha value is -7.01. The van der Waals surface area contributed by atoms with Crippen LogP contribution in [0.2, 0.25) is 0 Å². The van der Waals surface area contributed by atoms with Crippen molar-refractivity contribution in [2.24, 2.45) is 11.5 Å². The average molecular weight is 1040 g/mol. The normalized spacial score (nSPS) is 17.6. The standard InChI is InChI=1S/C42H61N13O14S2/c1-69-24-9-11-25(12-10-24)71(67,68)31(17-34(58)55-66)41(64)52-28(16-23-18-45-22-49-23)40(63)51-27(13-14-32(43)56)39(62)48-19-35(59)47-20-36(60)50-26(38(44)61)6-4-5-15-46-33(57)8-3-2-7-30-37-29(21-70-30)53-42(65)54-37/h9-12,18,22,26-31,37,66H,2-8,13-17,19-21H2,1H3,(H2,43,56)(H2,44,61)(H,45,49)(H,46,57)(H,47,59)(H,48,62)(H,50,60)(H,51,63)(H,52,64)(H,55,58)(H2,53,54,65)/t26-,27-,28-,29-,30-,31?,37-/m0/s1. The van der Waals surface area contributed by atoms with Crippen molar-refractivity contribution < 1.29 is 66.3 Å². The molecule has 2 fully saturated rings. The van der Waals surface area contributed by atoms with Gasteiger partial charge in [0.05, 0.1) is 49.9 Å². The van der Waals surface area contributed by atoms with Crippen molar-refractivity contribution >= 4 is 80.8 Å². The van der Waals surface area contributed by atoms with E-state index in [1.54, 1.807) is 0 Å². The zero-order valence-electron chi connectivity index (χ0n) is 38.8. The summed E-state index contributed by atoms with van der Waals surface area (Å²) < 4.78 is 32.4. The fourth-order valence-electron chi connectivity index (χ4n) is 7.53. The maximum absolute atomic E-state index is 13.8. The van der Waals surface area contributed by atoms with Gasteiger partial charge in [-0.15, -0.1) is 0 Å². The number of H-pyrrole nitrogens is 1. The number of hydrogen-bond donors (Lipinski definition) is 13. The van der Waals surface area contributed by atoms with Crippen LogP contribution >= 0.6 is 11.8 Å². The molecule has 0 saturated carbocycles. The van der Waals surface area contributed by atoms with E-state index in [9.17, 15) is 61.6 Å². The predicted octanol–water partition coefficient (Wildman–Crippen LogP) is -3.85. The molecule has 0 aliphatic carbocycles. The first kappa shape index (κ1) is 56.6. The minimum Gasteiger partial charge on any atom is -0.497 e. The number of methoxy groups -OCH3 is 1. The van der Waals surface area contributed by atoms with E-state index in [4.69, 9.17) is 16.2 Å². The molecule has 1 aromatic carbocycles. The molecule has 0 spiro atoms. The Morgan fingerprint density at radius 3 is 2.18 bits per heavy atom. The SMILES string of the molecule is COc1ccc(S(=O)(=O)C(CC(=O)NO)C(=O)N[C@@H](Cc2cnc[nH]2)C(=O)N[C@@H](CCC(N)=O)C(=O)NCC(=O)NCC(=O)N[C@@H](CCCCNC(=O)CCCC[C@@H]2SC[C@@H]3NC(=O)N[C@@H]32)C(N)=O)cc1. The second-order valence-electron chi connectivity index (χ2n) is 16.6. The minimum absolute atomic E-state index is 0.110. The van der Waals surface area contributed by atoms with Crippen molar-refractivity contribution in [2.75, 3.05) is 32.5 Å². The molecule has 71 heavy (non-hydrogen) atoms. The fourth-order valence-corrected chi connectivity index (χ4v) is 10.6. The van der Waals surface area contributed by atoms with Gasteiger partial charge in [0.25, 0.3) is 0 Å². The van der Waals surface area contributed by atoms with E-state index >= 15 is 0 Å². The van der Waals surface area contributed by atoms with E-state index in [1.165, 1.54) is 37.2 Å². The number of fused-ring (bicyclic) bond motifs is 1. The summed E-state index contributed by atoms with van der Waals surface area (Å²) in [7, 11) is -3.34. The number of unbranched alkanes of at least 4 members (excludes halogenated alkanes) is 2. The number of aromatic nitrogens is 2. The highest BCUT2D eigenvalue weighted by atomic mass is 32.2. The first-order valence-corrected chi connectivity index (χ1v) is 25.2. The molecule has 2 saturated heterocycles. The molecule has 3 heterocycles. The van der Waals surface area contributed by atoms with Crippen LogP contribution in [0.15, 0.2) is 41.7 Å². The number of ether oxygens (including phenoxy) is 1. The van der Waals surface area contributed by atoms with Crippen LogP contribution < -0.4 is 64.2 Å². The molecule has 7 atom stereocenters. The number of sulfone groups is 1. The maximum Gasteiger partial charge on any atom is 0.315 e. The predicted molar refractivity (Wildman–Crippen MR) is 251 cm³/mol. The van der Waals surface area contributed by atoms with Crippen LogP contribution in [0.1, 0.15) is 69.9 Å². The van der Waals surface area contributed by atoms with Crippen LogP contribution in [-0.4, -0.2) is 156 Å². The third-order valence-electron chi connectivity index (χ3n) is 11.3. The number of amides is 11. The van der Waals surface area contributed by atoms with Crippen LogP contribution in [0.3, 0.4) is 0 Å². The number of thioether (sulfide) groups is 1. The Bertz CT molecular complexity index is 2320. The van der Waals surface area contributed by atoms with Crippen molar-refractivity contribution in [3.63, 3.8) is 0 Å². The lowest BCUT2D eigenvalue weighted by molar-refractivity contribution is -0.134. The van der Waals surface area contributed by atoms with Crippen molar-refractivity contribution in [1.82, 2.24) is 58.0 Å². The molecular weight excluding hydrogens is 975 g/mol. The summed E-state index contributed by atoms with van der Waals surface area (Å²) in [5, 5.41) is 27.6. The molecule has 1 aromatic heterocycles. The molecule has 2 aliphatic rings. The number of carbonyl (C=O) groups is 10. The lowest BCUT2D eigenvalue weighted by Gasteiger charge is -2.24. The van der Waals surface area contributed by atoms with E-state index in [-0.39, 0.29) is 48.3 Å². The lowest BCUT2D eigenvalue weighted by Crippen LogP contribution is -2.57. The van der Waals surface area contributed by atoms with Crippen molar-refractivity contribution in [3.05, 3.63) is 42.5 Å². The molecule has 0 radical (unpaired) electrons. The number of nitrogens with zero attached hydrogens (tertiary/aromatic N) is 1. The molecule has 4 rings (SSSR count). The quantitative estimate of drug-likeness (QED) is 0.0149. The molecule has 29 heteroatoms. The smallest absolute Gasteiger partial charge is 0.315 e. The molecule has 2 aromatic rings. The summed E-state index contributed by atoms with van der Waals surface area (Å²) in [4.78, 5) is 132. The number of aromatic amines is 1. The van der Waals surface area contributed by atoms with Gasteiger partial charge in [0, 0.05) is 48.7 Å². The van der Waals surface area contributed by atoms with Gasteiger partial charge < -0.3 is 63.7 Å². The average Bonchev–Trinajstić information content (AvgIpc) is 4.09. The van der Waals surface area contributed by atoms with E-state index in [0.29, 0.717) is 37.5 Å². The molecule has 27 nitrogen and oxygen atoms in total. The first-order valence-electron chi connectivity index (χ1n) is 22.6. The molecule has 0 bridgehead atoms. The second-order valence-corrected chi connectivity index (χ2v) is 20.0. The highest BCUT2D eigenvalue weighted by Crippen LogP contribution is 2.33. The Morgan fingerprint density at radius 2 is 1.52 bits per heavy atom. The summed E-state index contributed by atoms with van der Waals surface area (Å²) >= 11 is 1.81. The Morgan fingerprint density at radius 1 is 0.803 bits per heavy atom. The molecule has 11 amide bonds. The first-order chi connectivity index (χ1) is 33.8. The topological polar surface area (TPSA) is 423 Å². The molecule has 2 aliphatic heterocycles. The number of benzene rings is 1. The molecular formula is C42H61N13O14S2. The number of primary amides is 2. The number of nitrogens with two attached hydrogens (primary N) is 2. The number of rotatable bonds is 31. The van der Waals surface area contributed by atoms with Gasteiger partial charge in [0.2, 0.25) is 53.2 Å². The summed E-state index contributed by atoms with van der Waals surface area (Å²) in [5.41, 5.74) is 12.3. The lowest BCUT2D eigenvalue weighted by atomic mass is 10.0. The monoisotopic (exact) mass is 1040 g/mol. The second kappa shape index (κ2) is 28.0. The number of imidazole rings is 1. The van der Waals surface area contributed by atoms with E-state index in [0.717, 1.165) is 30.7 Å². The van der Waals surface area contributed by atoms with Gasteiger partial charge in [-0.3, -0.25) is 48.4 Å². The van der Waals surface area contributed by atoms with Crippen LogP contribution in [-0.2, 0) is 59.4 Å². The van der Waals surface area contributed by atoms with Gasteiger partial charge in [-0.05, 0) is 62.8 Å². The van der Waals surface area contributed by atoms with Gasteiger partial charge in [-0.25, -0.2) is 23.7 Å². The van der Waals surface area contributed by atoms with Gasteiger partial charge >= 0.3 is 6.03 Å². The van der Waals surface area contributed by atoms with Gasteiger partial charge in [0.15, 0.2) is 15.1 Å². The fraction of sp³-hybridized carbons (Fsp3) is 0.548. The maximum atomic E-state index is 13.8. The third kappa shape index (κ3) is 18.4. The zero-order chi connectivity index (χ0) is 52.1. The largest absolute Gasteiger partial charge is 0.497 e. The Balaban J connectivity index is 1.24. The van der Waals surface area contributed by atoms with Crippen LogP contribution in [0.25, 0.3) is 0 Å². The zero-order valence-corrected chi connectivity index (χ0v) is 40.4. The summed E-state index contributed by atoms with van der Waals surface area (Å²) in [6.45, 7) is -1.04. The molecule has 15 N–H and O–H groups in total. The van der Waals surface area contributed by atoms with Crippen LogP contribution in [0, 0.1) is 0 Å². The van der Waals surface area contributed by atoms with Gasteiger partial charge in [0.1, 0.15) is 23.9 Å². The Kier molecular flexibility index (Phi) is 22.3. The number of urea groups is 1. The molecule has 390 valence electrons. The van der Waals surface area contributed by atoms with Gasteiger partial charge in [-0.1, -0.05) is 6.42 Å². The van der Waals surface area contributed by atoms with E-state index in [2.05, 4.69) is 52.5 Å². The summed E-state index contributed by atoms with van der Waals surface area (Å²) in [6, 6.07) is 0.617. The Labute approximate surface area is 412 Å². The number of hydroxylamine groups is 1. The highest BCUT2D eigenvalue weighted by molar-refractivity contribution is 8.00. The van der Waals surface area contributed by atoms with Crippen LogP contribution in [0.5, 0.6) is 5.75 Å². The third-order valence-corrected chi connectivity index (χ3v) is 14.9. The van der Waals surface area contributed by atoms with Gasteiger partial charge in [-0.2, -0.15) is 11.8 Å². The number of nitrogens with one attached hydrogen (secondary N) is 10. The van der Waals surface area contributed by atoms with Crippen molar-refractivity contribution in [2.45, 2.75) is 116 Å². The van der Waals surface area contributed by atoms with Crippen LogP contribution in [0.4, 0.5) is 4.79 Å². The van der Waals surface area contributed by atoms with Crippen molar-refractivity contribution in [3.8, 4) is 5.75 Å². The number of hydrogen-bond acceptors (Lipinski definition) is 16. The van der Waals surface area contributed by atoms with E-state index in [1.807, 2.05) is 11.8 Å². The van der Waals surface area contributed by atoms with E-state index < -0.39 is 118 Å². The number of carbonyl (C=O) groups excluding carboxylic acids is 10. The molecule has 1 unspecified atom stereocenters. The highest BCUT2D eigenvalue weighted by Gasteiger charge is 2.43. The van der Waals surface area contributed by atoms with Crippen molar-refractivity contribution in [1.29, 1.82) is 0 Å².